The summed E-state index contributed by atoms with van der Waals surface area (Å²) in [5.74, 6) is 1.09. The molecule has 0 radical (unpaired) electrons. The van der Waals surface area contributed by atoms with E-state index in [0.717, 1.165) is 35.9 Å². The van der Waals surface area contributed by atoms with E-state index < -0.39 is 0 Å². The van der Waals surface area contributed by atoms with Crippen LogP contribution in [0.4, 0.5) is 5.82 Å². The first-order valence-corrected chi connectivity index (χ1v) is 7.94. The lowest BCUT2D eigenvalue weighted by Crippen LogP contribution is -2.04. The minimum Gasteiger partial charge on any atom is -0.369 e. The molecular formula is C16H13IN4. The Labute approximate surface area is 136 Å². The van der Waals surface area contributed by atoms with Gasteiger partial charge in [-0.1, -0.05) is 6.07 Å². The van der Waals surface area contributed by atoms with E-state index >= 15 is 0 Å². The van der Waals surface area contributed by atoms with Crippen LogP contribution < -0.4 is 5.32 Å². The minimum absolute atomic E-state index is 0.932. The predicted octanol–water partition coefficient (Wildman–Crippen LogP) is 3.51. The number of benzene rings is 1. The van der Waals surface area contributed by atoms with Crippen molar-refractivity contribution >= 4 is 28.4 Å². The normalized spacial score (nSPS) is 13.0. The highest BCUT2D eigenvalue weighted by Crippen LogP contribution is 2.33. The van der Waals surface area contributed by atoms with Gasteiger partial charge < -0.3 is 5.32 Å². The van der Waals surface area contributed by atoms with Crippen molar-refractivity contribution in [1.29, 1.82) is 0 Å². The van der Waals surface area contributed by atoms with Crippen molar-refractivity contribution in [1.82, 2.24) is 14.8 Å². The van der Waals surface area contributed by atoms with Crippen molar-refractivity contribution in [2.75, 3.05) is 11.9 Å². The molecule has 1 N–H and O–H groups in total. The third kappa shape index (κ3) is 2.21. The Morgan fingerprint density at radius 3 is 2.71 bits per heavy atom. The second kappa shape index (κ2) is 5.14. The van der Waals surface area contributed by atoms with E-state index in [0.29, 0.717) is 0 Å². The fourth-order valence-electron chi connectivity index (χ4n) is 2.65. The Hall–Kier alpha value is -1.89. The number of hydrogen-bond acceptors (Lipinski definition) is 3. The number of rotatable bonds is 2. The maximum Gasteiger partial charge on any atom is 0.133 e. The van der Waals surface area contributed by atoms with Gasteiger partial charge in [-0.05, 0) is 65.4 Å². The van der Waals surface area contributed by atoms with Gasteiger partial charge in [0.2, 0.25) is 0 Å². The molecule has 21 heavy (non-hydrogen) atoms. The summed E-state index contributed by atoms with van der Waals surface area (Å²) in [6.45, 7) is 0.956. The van der Waals surface area contributed by atoms with E-state index in [2.05, 4.69) is 57.2 Å². The van der Waals surface area contributed by atoms with E-state index in [1.54, 1.807) is 0 Å². The molecule has 0 unspecified atom stereocenters. The summed E-state index contributed by atoms with van der Waals surface area (Å²) in [6.07, 6.45) is 2.81. The van der Waals surface area contributed by atoms with Crippen LogP contribution >= 0.6 is 22.6 Å². The van der Waals surface area contributed by atoms with Crippen LogP contribution in [0.2, 0.25) is 0 Å². The molecule has 5 heteroatoms. The molecule has 4 rings (SSSR count). The largest absolute Gasteiger partial charge is 0.369 e. The van der Waals surface area contributed by atoms with E-state index in [1.165, 1.54) is 9.13 Å². The third-order valence-corrected chi connectivity index (χ3v) is 4.35. The molecule has 1 aliphatic rings. The standard InChI is InChI=1S/C16H13IN4/c17-11-4-6-12(7-5-11)21-16-13(8-10-19-16)15(20-21)14-3-1-2-9-18-14/h1-7,9,19H,8,10H2. The highest BCUT2D eigenvalue weighted by molar-refractivity contribution is 14.1. The fraction of sp³-hybridized carbons (Fsp3) is 0.125. The van der Waals surface area contributed by atoms with Crippen LogP contribution in [0.1, 0.15) is 5.56 Å². The molecule has 1 aliphatic heterocycles. The zero-order chi connectivity index (χ0) is 14.2. The Bertz CT molecular complexity index is 778. The van der Waals surface area contributed by atoms with Crippen molar-refractivity contribution in [3.05, 3.63) is 57.8 Å². The van der Waals surface area contributed by atoms with Crippen molar-refractivity contribution in [3.63, 3.8) is 0 Å². The SMILES string of the molecule is Ic1ccc(-n2nc(-c3ccccn3)c3c2NCC3)cc1. The van der Waals surface area contributed by atoms with Gasteiger partial charge >= 0.3 is 0 Å². The lowest BCUT2D eigenvalue weighted by molar-refractivity contribution is 0.880. The summed E-state index contributed by atoms with van der Waals surface area (Å²) in [7, 11) is 0. The Balaban J connectivity index is 1.88. The van der Waals surface area contributed by atoms with Crippen LogP contribution in [0.5, 0.6) is 0 Å². The first-order valence-electron chi connectivity index (χ1n) is 6.86. The van der Waals surface area contributed by atoms with E-state index in [9.17, 15) is 0 Å². The molecule has 0 spiro atoms. The first kappa shape index (κ1) is 12.8. The highest BCUT2D eigenvalue weighted by atomic mass is 127. The molecule has 104 valence electrons. The summed E-state index contributed by atoms with van der Waals surface area (Å²) in [5.41, 5.74) is 4.24. The summed E-state index contributed by atoms with van der Waals surface area (Å²) >= 11 is 2.31. The third-order valence-electron chi connectivity index (χ3n) is 3.63. The Morgan fingerprint density at radius 1 is 1.10 bits per heavy atom. The van der Waals surface area contributed by atoms with Crippen LogP contribution in [0.15, 0.2) is 48.7 Å². The molecule has 0 aliphatic carbocycles. The zero-order valence-electron chi connectivity index (χ0n) is 11.3. The predicted molar refractivity (Wildman–Crippen MR) is 91.7 cm³/mol. The van der Waals surface area contributed by atoms with Crippen LogP contribution in [0, 0.1) is 3.57 Å². The smallest absolute Gasteiger partial charge is 0.133 e. The fourth-order valence-corrected chi connectivity index (χ4v) is 3.01. The number of nitrogens with zero attached hydrogens (tertiary/aromatic N) is 3. The van der Waals surface area contributed by atoms with E-state index in [-0.39, 0.29) is 0 Å². The second-order valence-corrected chi connectivity index (χ2v) is 6.20. The molecule has 0 atom stereocenters. The van der Waals surface area contributed by atoms with Gasteiger partial charge in [0, 0.05) is 21.9 Å². The van der Waals surface area contributed by atoms with Crippen molar-refractivity contribution in [2.45, 2.75) is 6.42 Å². The summed E-state index contributed by atoms with van der Waals surface area (Å²) in [4.78, 5) is 4.44. The molecule has 0 amide bonds. The average Bonchev–Trinajstić information content (AvgIpc) is 3.11. The van der Waals surface area contributed by atoms with Crippen LogP contribution in [-0.4, -0.2) is 21.3 Å². The topological polar surface area (TPSA) is 42.7 Å². The molecule has 3 heterocycles. The average molecular weight is 388 g/mol. The van der Waals surface area contributed by atoms with Gasteiger partial charge in [-0.3, -0.25) is 4.98 Å². The molecule has 3 aromatic rings. The lowest BCUT2D eigenvalue weighted by atomic mass is 10.1. The van der Waals surface area contributed by atoms with Crippen molar-refractivity contribution < 1.29 is 0 Å². The highest BCUT2D eigenvalue weighted by Gasteiger charge is 2.24. The summed E-state index contributed by atoms with van der Waals surface area (Å²) in [5, 5.41) is 8.23. The van der Waals surface area contributed by atoms with Crippen LogP contribution in [0.25, 0.3) is 17.1 Å². The quantitative estimate of drug-likeness (QED) is 0.684. The maximum absolute atomic E-state index is 4.79. The number of nitrogens with one attached hydrogen (secondary N) is 1. The number of halogens is 1. The molecule has 0 bridgehead atoms. The van der Waals surface area contributed by atoms with Crippen LogP contribution in [0.3, 0.4) is 0 Å². The van der Waals surface area contributed by atoms with Gasteiger partial charge in [-0.15, -0.1) is 0 Å². The van der Waals surface area contributed by atoms with Gasteiger partial charge in [0.25, 0.3) is 0 Å². The van der Waals surface area contributed by atoms with E-state index in [4.69, 9.17) is 5.10 Å². The van der Waals surface area contributed by atoms with Crippen molar-refractivity contribution in [2.24, 2.45) is 0 Å². The number of fused-ring (bicyclic) bond motifs is 1. The Kier molecular flexibility index (Phi) is 3.14. The number of hydrogen-bond donors (Lipinski definition) is 1. The molecular weight excluding hydrogens is 375 g/mol. The molecule has 0 saturated heterocycles. The summed E-state index contributed by atoms with van der Waals surface area (Å²) in [6, 6.07) is 14.3. The molecule has 1 aromatic carbocycles. The number of pyridine rings is 1. The number of anilines is 1. The van der Waals surface area contributed by atoms with Gasteiger partial charge in [0.1, 0.15) is 11.5 Å². The molecule has 2 aromatic heterocycles. The Morgan fingerprint density at radius 2 is 1.95 bits per heavy atom. The number of aromatic nitrogens is 3. The van der Waals surface area contributed by atoms with Gasteiger partial charge in [0.15, 0.2) is 0 Å². The molecule has 0 saturated carbocycles. The lowest BCUT2D eigenvalue weighted by Gasteiger charge is -2.06. The van der Waals surface area contributed by atoms with Crippen molar-refractivity contribution in [3.8, 4) is 17.1 Å². The minimum atomic E-state index is 0.932. The summed E-state index contributed by atoms with van der Waals surface area (Å²) < 4.78 is 3.21. The van der Waals surface area contributed by atoms with Gasteiger partial charge in [-0.25, -0.2) is 4.68 Å². The molecule has 4 nitrogen and oxygen atoms in total. The van der Waals surface area contributed by atoms with Gasteiger partial charge in [-0.2, -0.15) is 5.10 Å². The van der Waals surface area contributed by atoms with E-state index in [1.807, 2.05) is 29.1 Å². The molecule has 0 fully saturated rings. The maximum atomic E-state index is 4.79. The monoisotopic (exact) mass is 388 g/mol. The first-order chi connectivity index (χ1) is 10.3. The second-order valence-electron chi connectivity index (χ2n) is 4.96. The zero-order valence-corrected chi connectivity index (χ0v) is 13.4. The van der Waals surface area contributed by atoms with Crippen LogP contribution in [-0.2, 0) is 6.42 Å². The van der Waals surface area contributed by atoms with Gasteiger partial charge in [0.05, 0.1) is 11.4 Å².